The van der Waals surface area contributed by atoms with Crippen LogP contribution in [0.3, 0.4) is 0 Å². The summed E-state index contributed by atoms with van der Waals surface area (Å²) in [5, 5.41) is 5.03. The average Bonchev–Trinajstić information content (AvgIpc) is 2.80. The SMILES string of the molecule is Clc1ccc(C2CNC3(CCCC3)CO2)c(Cl)c1. The first-order chi connectivity index (χ1) is 8.69. The monoisotopic (exact) mass is 285 g/mol. The molecule has 1 saturated heterocycles. The van der Waals surface area contributed by atoms with E-state index in [1.165, 1.54) is 25.7 Å². The van der Waals surface area contributed by atoms with Crippen molar-refractivity contribution in [1.29, 1.82) is 0 Å². The maximum absolute atomic E-state index is 6.22. The van der Waals surface area contributed by atoms with Crippen LogP contribution in [-0.4, -0.2) is 18.7 Å². The van der Waals surface area contributed by atoms with E-state index in [-0.39, 0.29) is 11.6 Å². The minimum Gasteiger partial charge on any atom is -0.370 e. The lowest BCUT2D eigenvalue weighted by Gasteiger charge is -2.39. The largest absolute Gasteiger partial charge is 0.370 e. The fourth-order valence-corrected chi connectivity index (χ4v) is 3.54. The molecule has 18 heavy (non-hydrogen) atoms. The third kappa shape index (κ3) is 2.39. The van der Waals surface area contributed by atoms with E-state index >= 15 is 0 Å². The first-order valence-electron chi connectivity index (χ1n) is 6.50. The number of halogens is 2. The number of benzene rings is 1. The molecule has 4 heteroatoms. The van der Waals surface area contributed by atoms with E-state index in [0.717, 1.165) is 18.7 Å². The van der Waals surface area contributed by atoms with Crippen molar-refractivity contribution < 1.29 is 4.74 Å². The van der Waals surface area contributed by atoms with E-state index in [4.69, 9.17) is 27.9 Å². The van der Waals surface area contributed by atoms with Crippen molar-refractivity contribution in [2.75, 3.05) is 13.2 Å². The van der Waals surface area contributed by atoms with E-state index in [2.05, 4.69) is 5.32 Å². The number of nitrogens with one attached hydrogen (secondary N) is 1. The first kappa shape index (κ1) is 12.7. The van der Waals surface area contributed by atoms with Gasteiger partial charge in [-0.05, 0) is 25.0 Å². The number of morpholine rings is 1. The van der Waals surface area contributed by atoms with Gasteiger partial charge < -0.3 is 10.1 Å². The van der Waals surface area contributed by atoms with Crippen LogP contribution in [0.4, 0.5) is 0 Å². The molecule has 1 aromatic rings. The highest BCUT2D eigenvalue weighted by molar-refractivity contribution is 6.35. The van der Waals surface area contributed by atoms with Crippen LogP contribution in [0.25, 0.3) is 0 Å². The molecule has 1 aliphatic heterocycles. The Bertz CT molecular complexity index is 433. The molecule has 1 N–H and O–H groups in total. The molecular formula is C14H17Cl2NO. The minimum atomic E-state index is 0.0426. The van der Waals surface area contributed by atoms with E-state index in [1.54, 1.807) is 6.07 Å². The zero-order valence-corrected chi connectivity index (χ0v) is 11.7. The van der Waals surface area contributed by atoms with Crippen LogP contribution in [0.2, 0.25) is 10.0 Å². The highest BCUT2D eigenvalue weighted by Crippen LogP contribution is 2.36. The molecule has 1 aromatic carbocycles. The van der Waals surface area contributed by atoms with Crippen LogP contribution in [0, 0.1) is 0 Å². The molecule has 2 aliphatic rings. The van der Waals surface area contributed by atoms with Crippen LogP contribution in [0.5, 0.6) is 0 Å². The standard InChI is InChI=1S/C14H17Cl2NO/c15-10-3-4-11(12(16)7-10)13-8-17-14(9-18-13)5-1-2-6-14/h3-4,7,13,17H,1-2,5-6,8-9H2. The van der Waals surface area contributed by atoms with Crippen molar-refractivity contribution in [1.82, 2.24) is 5.32 Å². The van der Waals surface area contributed by atoms with Gasteiger partial charge in [-0.2, -0.15) is 0 Å². The zero-order chi connectivity index (χ0) is 12.6. The van der Waals surface area contributed by atoms with Crippen molar-refractivity contribution in [3.05, 3.63) is 33.8 Å². The van der Waals surface area contributed by atoms with Gasteiger partial charge in [0, 0.05) is 27.7 Å². The normalized spacial score (nSPS) is 26.7. The number of ether oxygens (including phenoxy) is 1. The second-order valence-electron chi connectivity index (χ2n) is 5.33. The molecule has 1 saturated carbocycles. The smallest absolute Gasteiger partial charge is 0.0964 e. The third-order valence-corrected chi connectivity index (χ3v) is 4.66. The van der Waals surface area contributed by atoms with E-state index in [1.807, 2.05) is 12.1 Å². The van der Waals surface area contributed by atoms with Crippen molar-refractivity contribution in [2.24, 2.45) is 0 Å². The van der Waals surface area contributed by atoms with E-state index in [0.29, 0.717) is 10.0 Å². The molecular weight excluding hydrogens is 269 g/mol. The Morgan fingerprint density at radius 1 is 1.22 bits per heavy atom. The van der Waals surface area contributed by atoms with Gasteiger partial charge in [0.15, 0.2) is 0 Å². The molecule has 1 unspecified atom stereocenters. The summed E-state index contributed by atoms with van der Waals surface area (Å²) in [5.74, 6) is 0. The Morgan fingerprint density at radius 3 is 2.61 bits per heavy atom. The third-order valence-electron chi connectivity index (χ3n) is 4.09. The Labute approximate surface area is 118 Å². The first-order valence-corrected chi connectivity index (χ1v) is 7.26. The fraction of sp³-hybridized carbons (Fsp3) is 0.571. The summed E-state index contributed by atoms with van der Waals surface area (Å²) in [5.41, 5.74) is 1.26. The van der Waals surface area contributed by atoms with Crippen molar-refractivity contribution in [3.63, 3.8) is 0 Å². The quantitative estimate of drug-likeness (QED) is 0.843. The summed E-state index contributed by atoms with van der Waals surface area (Å²) >= 11 is 12.1. The van der Waals surface area contributed by atoms with Gasteiger partial charge in [-0.1, -0.05) is 42.1 Å². The van der Waals surface area contributed by atoms with Crippen LogP contribution < -0.4 is 5.32 Å². The second-order valence-corrected chi connectivity index (χ2v) is 6.18. The van der Waals surface area contributed by atoms with Crippen LogP contribution >= 0.6 is 23.2 Å². The Hall–Kier alpha value is -0.280. The average molecular weight is 286 g/mol. The molecule has 1 heterocycles. The molecule has 0 amide bonds. The molecule has 2 fully saturated rings. The van der Waals surface area contributed by atoms with Gasteiger partial charge in [0.25, 0.3) is 0 Å². The molecule has 0 radical (unpaired) electrons. The van der Waals surface area contributed by atoms with E-state index < -0.39 is 0 Å². The van der Waals surface area contributed by atoms with Gasteiger partial charge in [0.05, 0.1) is 12.7 Å². The topological polar surface area (TPSA) is 21.3 Å². The number of hydrogen-bond acceptors (Lipinski definition) is 2. The Balaban J connectivity index is 1.72. The molecule has 0 bridgehead atoms. The van der Waals surface area contributed by atoms with Gasteiger partial charge in [0.2, 0.25) is 0 Å². The molecule has 0 aromatic heterocycles. The molecule has 3 rings (SSSR count). The van der Waals surface area contributed by atoms with Crippen molar-refractivity contribution in [2.45, 2.75) is 37.3 Å². The van der Waals surface area contributed by atoms with Gasteiger partial charge >= 0.3 is 0 Å². The summed E-state index contributed by atoms with van der Waals surface area (Å²) in [6.07, 6.45) is 5.12. The van der Waals surface area contributed by atoms with Gasteiger partial charge in [-0.25, -0.2) is 0 Å². The second kappa shape index (κ2) is 5.01. The molecule has 1 aliphatic carbocycles. The highest BCUT2D eigenvalue weighted by Gasteiger charge is 2.38. The number of hydrogen-bond donors (Lipinski definition) is 1. The molecule has 98 valence electrons. The molecule has 2 nitrogen and oxygen atoms in total. The van der Waals surface area contributed by atoms with Crippen LogP contribution in [0.1, 0.15) is 37.4 Å². The van der Waals surface area contributed by atoms with E-state index in [9.17, 15) is 0 Å². The fourth-order valence-electron chi connectivity index (χ4n) is 3.01. The predicted octanol–water partition coefficient (Wildman–Crippen LogP) is 3.97. The summed E-state index contributed by atoms with van der Waals surface area (Å²) in [4.78, 5) is 0. The lowest BCUT2D eigenvalue weighted by Crippen LogP contribution is -2.53. The van der Waals surface area contributed by atoms with Gasteiger partial charge in [-0.3, -0.25) is 0 Å². The number of rotatable bonds is 1. The van der Waals surface area contributed by atoms with Gasteiger partial charge in [-0.15, -0.1) is 0 Å². The zero-order valence-electron chi connectivity index (χ0n) is 10.2. The van der Waals surface area contributed by atoms with Crippen molar-refractivity contribution >= 4 is 23.2 Å². The Kier molecular flexibility index (Phi) is 3.55. The van der Waals surface area contributed by atoms with Crippen molar-refractivity contribution in [3.8, 4) is 0 Å². The summed E-state index contributed by atoms with van der Waals surface area (Å²) in [7, 11) is 0. The Morgan fingerprint density at radius 2 is 2.00 bits per heavy atom. The maximum Gasteiger partial charge on any atom is 0.0964 e. The minimum absolute atomic E-state index is 0.0426. The maximum atomic E-state index is 6.22. The lowest BCUT2D eigenvalue weighted by molar-refractivity contribution is -0.0325. The lowest BCUT2D eigenvalue weighted by atomic mass is 9.95. The molecule has 1 atom stereocenters. The predicted molar refractivity (Wildman–Crippen MR) is 74.4 cm³/mol. The molecule has 1 spiro atoms. The highest BCUT2D eigenvalue weighted by atomic mass is 35.5. The summed E-state index contributed by atoms with van der Waals surface area (Å²) < 4.78 is 6.03. The van der Waals surface area contributed by atoms with Crippen LogP contribution in [0.15, 0.2) is 18.2 Å². The summed E-state index contributed by atoms with van der Waals surface area (Å²) in [6.45, 7) is 1.62. The van der Waals surface area contributed by atoms with Crippen LogP contribution in [-0.2, 0) is 4.74 Å². The summed E-state index contributed by atoms with van der Waals surface area (Å²) in [6, 6.07) is 5.61. The van der Waals surface area contributed by atoms with Gasteiger partial charge in [0.1, 0.15) is 0 Å².